The maximum atomic E-state index is 12.2. The Morgan fingerprint density at radius 2 is 2.16 bits per heavy atom. The number of benzene rings is 1. The van der Waals surface area contributed by atoms with Crippen molar-refractivity contribution in [2.45, 2.75) is 32.4 Å². The molecule has 104 valence electrons. The van der Waals surface area contributed by atoms with E-state index in [9.17, 15) is 4.79 Å². The molecule has 1 atom stereocenters. The van der Waals surface area contributed by atoms with Gasteiger partial charge in [-0.3, -0.25) is 4.79 Å². The molecule has 1 unspecified atom stereocenters. The molecule has 0 aliphatic carbocycles. The number of ether oxygens (including phenoxy) is 1. The smallest absolute Gasteiger partial charge is 0.263 e. The molecule has 0 saturated carbocycles. The predicted octanol–water partition coefficient (Wildman–Crippen LogP) is 2.19. The molecule has 0 aromatic heterocycles. The summed E-state index contributed by atoms with van der Waals surface area (Å²) < 4.78 is 5.74. The molecule has 2 N–H and O–H groups in total. The molecular weight excluding hydrogens is 264 g/mol. The van der Waals surface area contributed by atoms with Gasteiger partial charge in [-0.05, 0) is 38.0 Å². The number of nitrogens with zero attached hydrogens (tertiary/aromatic N) is 1. The molecule has 1 saturated heterocycles. The summed E-state index contributed by atoms with van der Waals surface area (Å²) in [6.45, 7) is 3.77. The molecule has 19 heavy (non-hydrogen) atoms. The van der Waals surface area contributed by atoms with Gasteiger partial charge in [-0.1, -0.05) is 11.6 Å². The Morgan fingerprint density at radius 3 is 2.79 bits per heavy atom. The lowest BCUT2D eigenvalue weighted by Gasteiger charge is -2.22. The third kappa shape index (κ3) is 3.39. The zero-order valence-electron chi connectivity index (χ0n) is 11.1. The first-order chi connectivity index (χ1) is 9.11. The summed E-state index contributed by atoms with van der Waals surface area (Å²) >= 11 is 5.91. The minimum atomic E-state index is -0.496. The summed E-state index contributed by atoms with van der Waals surface area (Å²) in [5, 5.41) is 0.617. The Bertz CT molecular complexity index is 459. The van der Waals surface area contributed by atoms with Gasteiger partial charge in [-0.25, -0.2) is 0 Å². The van der Waals surface area contributed by atoms with Crippen molar-refractivity contribution in [2.75, 3.05) is 13.1 Å². The molecule has 1 fully saturated rings. The lowest BCUT2D eigenvalue weighted by Crippen LogP contribution is -2.38. The van der Waals surface area contributed by atoms with Crippen LogP contribution < -0.4 is 10.5 Å². The Morgan fingerprint density at radius 1 is 1.47 bits per heavy atom. The van der Waals surface area contributed by atoms with Gasteiger partial charge in [0.25, 0.3) is 5.91 Å². The third-order valence-corrected chi connectivity index (χ3v) is 3.55. The maximum absolute atomic E-state index is 12.2. The first-order valence-corrected chi connectivity index (χ1v) is 6.93. The van der Waals surface area contributed by atoms with Gasteiger partial charge in [0, 0.05) is 30.2 Å². The van der Waals surface area contributed by atoms with E-state index in [1.165, 1.54) is 0 Å². The largest absolute Gasteiger partial charge is 0.481 e. The number of nitrogens with two attached hydrogens (primary N) is 1. The first-order valence-electron chi connectivity index (χ1n) is 6.55. The second kappa shape index (κ2) is 6.26. The van der Waals surface area contributed by atoms with E-state index in [2.05, 4.69) is 0 Å². The highest BCUT2D eigenvalue weighted by Gasteiger charge is 2.24. The molecule has 2 rings (SSSR count). The summed E-state index contributed by atoms with van der Waals surface area (Å²) in [5.74, 6) is 0.669. The minimum absolute atomic E-state index is 0.0374. The Kier molecular flexibility index (Phi) is 4.66. The molecule has 1 amide bonds. The minimum Gasteiger partial charge on any atom is -0.481 e. The van der Waals surface area contributed by atoms with Gasteiger partial charge >= 0.3 is 0 Å². The lowest BCUT2D eigenvalue weighted by molar-refractivity contribution is -0.136. The highest BCUT2D eigenvalue weighted by molar-refractivity contribution is 6.30. The molecule has 0 spiro atoms. The van der Waals surface area contributed by atoms with Crippen LogP contribution in [0.4, 0.5) is 0 Å². The molecule has 1 aliphatic heterocycles. The Hall–Kier alpha value is -1.26. The Labute approximate surface area is 118 Å². The normalized spacial score (nSPS) is 16.5. The van der Waals surface area contributed by atoms with E-state index >= 15 is 0 Å². The van der Waals surface area contributed by atoms with Crippen LogP contribution in [0.2, 0.25) is 5.02 Å². The van der Waals surface area contributed by atoms with Gasteiger partial charge in [-0.15, -0.1) is 0 Å². The van der Waals surface area contributed by atoms with E-state index in [1.807, 2.05) is 4.90 Å². The van der Waals surface area contributed by atoms with Gasteiger partial charge in [0.05, 0.1) is 0 Å². The third-order valence-electron chi connectivity index (χ3n) is 3.31. The van der Waals surface area contributed by atoms with Crippen LogP contribution in [0.5, 0.6) is 5.75 Å². The second-order valence-electron chi connectivity index (χ2n) is 4.75. The molecule has 1 aromatic rings. The maximum Gasteiger partial charge on any atom is 0.263 e. The van der Waals surface area contributed by atoms with Crippen molar-refractivity contribution in [1.29, 1.82) is 0 Å². The van der Waals surface area contributed by atoms with Crippen molar-refractivity contribution >= 4 is 17.5 Å². The second-order valence-corrected chi connectivity index (χ2v) is 5.19. The number of hydrogen-bond acceptors (Lipinski definition) is 3. The number of likely N-dealkylation sites (tertiary alicyclic amines) is 1. The van der Waals surface area contributed by atoms with Gasteiger partial charge in [0.1, 0.15) is 5.75 Å². The van der Waals surface area contributed by atoms with Crippen LogP contribution >= 0.6 is 11.6 Å². The van der Waals surface area contributed by atoms with E-state index in [-0.39, 0.29) is 5.91 Å². The summed E-state index contributed by atoms with van der Waals surface area (Å²) in [6, 6.07) is 5.27. The van der Waals surface area contributed by atoms with E-state index in [4.69, 9.17) is 22.1 Å². The van der Waals surface area contributed by atoms with Crippen LogP contribution in [-0.4, -0.2) is 30.0 Å². The molecular formula is C14H19ClN2O2. The van der Waals surface area contributed by atoms with Crippen molar-refractivity contribution in [2.24, 2.45) is 5.73 Å². The van der Waals surface area contributed by atoms with Gasteiger partial charge in [-0.2, -0.15) is 0 Å². The molecule has 1 aromatic carbocycles. The predicted molar refractivity (Wildman–Crippen MR) is 75.2 cm³/mol. The molecule has 0 bridgehead atoms. The number of rotatable bonds is 4. The first kappa shape index (κ1) is 14.2. The SMILES string of the molecule is CC(Oc1ccc(Cl)cc1CN)C(=O)N1CCCC1. The summed E-state index contributed by atoms with van der Waals surface area (Å²) in [4.78, 5) is 14.0. The monoisotopic (exact) mass is 282 g/mol. The van der Waals surface area contributed by atoms with Gasteiger partial charge < -0.3 is 15.4 Å². The lowest BCUT2D eigenvalue weighted by atomic mass is 10.2. The molecule has 0 radical (unpaired) electrons. The fraction of sp³-hybridized carbons (Fsp3) is 0.500. The zero-order chi connectivity index (χ0) is 13.8. The van der Waals surface area contributed by atoms with Gasteiger partial charge in [0.15, 0.2) is 6.10 Å². The average Bonchev–Trinajstić information content (AvgIpc) is 2.93. The topological polar surface area (TPSA) is 55.6 Å². The van der Waals surface area contributed by atoms with E-state index in [1.54, 1.807) is 25.1 Å². The van der Waals surface area contributed by atoms with Crippen molar-refractivity contribution in [3.8, 4) is 5.75 Å². The van der Waals surface area contributed by atoms with Crippen molar-refractivity contribution < 1.29 is 9.53 Å². The molecule has 5 heteroatoms. The van der Waals surface area contributed by atoms with Crippen LogP contribution in [-0.2, 0) is 11.3 Å². The highest BCUT2D eigenvalue weighted by atomic mass is 35.5. The average molecular weight is 283 g/mol. The van der Waals surface area contributed by atoms with Crippen LogP contribution in [0.1, 0.15) is 25.3 Å². The van der Waals surface area contributed by atoms with Crippen molar-refractivity contribution in [3.05, 3.63) is 28.8 Å². The van der Waals surface area contributed by atoms with Crippen molar-refractivity contribution in [3.63, 3.8) is 0 Å². The number of carbonyl (C=O) groups is 1. The summed E-state index contributed by atoms with van der Waals surface area (Å²) in [6.07, 6.45) is 1.66. The number of hydrogen-bond donors (Lipinski definition) is 1. The number of amides is 1. The van der Waals surface area contributed by atoms with Gasteiger partial charge in [0.2, 0.25) is 0 Å². The summed E-state index contributed by atoms with van der Waals surface area (Å²) in [7, 11) is 0. The van der Waals surface area contributed by atoms with E-state index < -0.39 is 6.10 Å². The quantitative estimate of drug-likeness (QED) is 0.921. The van der Waals surface area contributed by atoms with Crippen molar-refractivity contribution in [1.82, 2.24) is 4.90 Å². The molecule has 1 aliphatic rings. The van der Waals surface area contributed by atoms with Crippen LogP contribution in [0, 0.1) is 0 Å². The van der Waals surface area contributed by atoms with Crippen LogP contribution in [0.15, 0.2) is 18.2 Å². The van der Waals surface area contributed by atoms with E-state index in [0.717, 1.165) is 31.5 Å². The standard InChI is InChI=1S/C14H19ClN2O2/c1-10(14(18)17-6-2-3-7-17)19-13-5-4-12(15)8-11(13)9-16/h4-5,8,10H,2-3,6-7,9,16H2,1H3. The fourth-order valence-electron chi connectivity index (χ4n) is 2.26. The van der Waals surface area contributed by atoms with E-state index in [0.29, 0.717) is 17.3 Å². The number of halogens is 1. The van der Waals surface area contributed by atoms with Crippen LogP contribution in [0.25, 0.3) is 0 Å². The zero-order valence-corrected chi connectivity index (χ0v) is 11.8. The molecule has 1 heterocycles. The molecule has 4 nitrogen and oxygen atoms in total. The Balaban J connectivity index is 2.05. The summed E-state index contributed by atoms with van der Waals surface area (Å²) in [5.41, 5.74) is 6.47. The number of carbonyl (C=O) groups excluding carboxylic acids is 1. The highest BCUT2D eigenvalue weighted by Crippen LogP contribution is 2.24. The fourth-order valence-corrected chi connectivity index (χ4v) is 2.45. The van der Waals surface area contributed by atoms with Crippen LogP contribution in [0.3, 0.4) is 0 Å².